The Morgan fingerprint density at radius 1 is 1.06 bits per heavy atom. The minimum Gasteiger partial charge on any atom is -0.332 e. The molecule has 1 heterocycles. The van der Waals surface area contributed by atoms with Crippen molar-refractivity contribution in [1.82, 2.24) is 14.5 Å². The summed E-state index contributed by atoms with van der Waals surface area (Å²) in [6, 6.07) is 11.9. The summed E-state index contributed by atoms with van der Waals surface area (Å²) < 4.78 is 15.0. The molecule has 2 aromatic carbocycles. The van der Waals surface area contributed by atoms with E-state index in [1.165, 1.54) is 41.9 Å². The van der Waals surface area contributed by atoms with Crippen molar-refractivity contribution in [2.45, 2.75) is 5.16 Å². The van der Waals surface area contributed by atoms with Crippen molar-refractivity contribution in [3.63, 3.8) is 0 Å². The first-order valence-electron chi connectivity index (χ1n) is 9.63. The Balaban J connectivity index is 1.49. The Morgan fingerprint density at radius 3 is 2.44 bits per heavy atom. The molecule has 166 valence electrons. The van der Waals surface area contributed by atoms with E-state index < -0.39 is 11.7 Å². The number of halogens is 1. The van der Waals surface area contributed by atoms with Crippen LogP contribution in [0.5, 0.6) is 0 Å². The van der Waals surface area contributed by atoms with Gasteiger partial charge in [-0.25, -0.2) is 9.37 Å². The van der Waals surface area contributed by atoms with Crippen LogP contribution >= 0.6 is 11.8 Å². The van der Waals surface area contributed by atoms with Crippen molar-refractivity contribution in [2.75, 3.05) is 30.0 Å². The second-order valence-corrected chi connectivity index (χ2v) is 7.90. The Morgan fingerprint density at radius 2 is 1.78 bits per heavy atom. The Bertz CT molecular complexity index is 1120. The van der Waals surface area contributed by atoms with Gasteiger partial charge >= 0.3 is 0 Å². The molecule has 0 aliphatic carbocycles. The first-order valence-corrected chi connectivity index (χ1v) is 10.6. The zero-order chi connectivity index (χ0) is 23.1. The molecule has 0 aliphatic heterocycles. The number of nitrogens with zero attached hydrogens (tertiary/aromatic N) is 3. The minimum atomic E-state index is -0.463. The molecule has 0 radical (unpaired) electrons. The molecule has 0 saturated heterocycles. The van der Waals surface area contributed by atoms with Crippen LogP contribution in [0.25, 0.3) is 0 Å². The van der Waals surface area contributed by atoms with Gasteiger partial charge < -0.3 is 20.1 Å². The predicted octanol–water partition coefficient (Wildman–Crippen LogP) is 3.00. The van der Waals surface area contributed by atoms with Crippen LogP contribution in [-0.2, 0) is 16.6 Å². The average Bonchev–Trinajstić information content (AvgIpc) is 3.17. The number of aryl methyl sites for hydroxylation is 1. The molecule has 8 nitrogen and oxygen atoms in total. The fraction of sp³-hybridized carbons (Fsp3) is 0.182. The molecule has 32 heavy (non-hydrogen) atoms. The van der Waals surface area contributed by atoms with Crippen LogP contribution < -0.4 is 10.6 Å². The van der Waals surface area contributed by atoms with Gasteiger partial charge in [0.05, 0.1) is 12.3 Å². The van der Waals surface area contributed by atoms with Crippen LogP contribution in [0.2, 0.25) is 0 Å². The van der Waals surface area contributed by atoms with Gasteiger partial charge in [-0.15, -0.1) is 0 Å². The summed E-state index contributed by atoms with van der Waals surface area (Å²) in [6.45, 7) is -0.196. The zero-order valence-corrected chi connectivity index (χ0v) is 18.4. The third kappa shape index (κ3) is 6.42. The maximum absolute atomic E-state index is 13.2. The number of benzene rings is 2. The number of carbonyl (C=O) groups is 3. The quantitative estimate of drug-likeness (QED) is 0.509. The molecule has 10 heteroatoms. The van der Waals surface area contributed by atoms with Crippen molar-refractivity contribution >= 4 is 40.9 Å². The maximum atomic E-state index is 13.2. The average molecular weight is 456 g/mol. The van der Waals surface area contributed by atoms with Crippen molar-refractivity contribution in [1.29, 1.82) is 0 Å². The largest absolute Gasteiger partial charge is 0.332 e. The zero-order valence-electron chi connectivity index (χ0n) is 17.5. The van der Waals surface area contributed by atoms with Gasteiger partial charge in [-0.2, -0.15) is 0 Å². The molecule has 3 aromatic rings. The lowest BCUT2D eigenvalue weighted by molar-refractivity contribution is -0.116. The van der Waals surface area contributed by atoms with Gasteiger partial charge in [-0.05, 0) is 42.5 Å². The predicted molar refractivity (Wildman–Crippen MR) is 121 cm³/mol. The number of aromatic nitrogens is 2. The molecule has 0 saturated carbocycles. The highest BCUT2D eigenvalue weighted by molar-refractivity contribution is 7.99. The fourth-order valence-corrected chi connectivity index (χ4v) is 3.52. The normalized spacial score (nSPS) is 10.5. The highest BCUT2D eigenvalue weighted by Crippen LogP contribution is 2.16. The van der Waals surface area contributed by atoms with Crippen molar-refractivity contribution in [3.8, 4) is 0 Å². The SMILES string of the molecule is CN(CC(=O)Nc1cccc(F)c1)C(=O)c1ccc(NC(=O)CSc2nccn2C)cc1. The van der Waals surface area contributed by atoms with Crippen LogP contribution in [-0.4, -0.2) is 51.5 Å². The van der Waals surface area contributed by atoms with Crippen LogP contribution in [0.4, 0.5) is 15.8 Å². The highest BCUT2D eigenvalue weighted by atomic mass is 32.2. The summed E-state index contributed by atoms with van der Waals surface area (Å²) in [5.74, 6) is -1.25. The summed E-state index contributed by atoms with van der Waals surface area (Å²) in [6.07, 6.45) is 3.47. The van der Waals surface area contributed by atoms with Gasteiger partial charge in [0.25, 0.3) is 5.91 Å². The molecule has 1 aromatic heterocycles. The van der Waals surface area contributed by atoms with Gasteiger partial charge in [-0.1, -0.05) is 17.8 Å². The molecule has 3 rings (SSSR count). The molecular weight excluding hydrogens is 433 g/mol. The maximum Gasteiger partial charge on any atom is 0.254 e. The summed E-state index contributed by atoms with van der Waals surface area (Å²) in [4.78, 5) is 42.2. The number of nitrogens with one attached hydrogen (secondary N) is 2. The van der Waals surface area contributed by atoms with Crippen molar-refractivity contribution in [2.24, 2.45) is 7.05 Å². The van der Waals surface area contributed by atoms with Crippen LogP contribution in [0.15, 0.2) is 66.1 Å². The number of carbonyl (C=O) groups excluding carboxylic acids is 3. The number of imidazole rings is 1. The van der Waals surface area contributed by atoms with E-state index in [2.05, 4.69) is 15.6 Å². The lowest BCUT2D eigenvalue weighted by Crippen LogP contribution is -2.34. The van der Waals surface area contributed by atoms with E-state index in [0.717, 1.165) is 5.16 Å². The number of likely N-dealkylation sites (N-methyl/N-ethyl adjacent to an activating group) is 1. The molecule has 0 bridgehead atoms. The van der Waals surface area contributed by atoms with Gasteiger partial charge in [0.2, 0.25) is 11.8 Å². The number of thioether (sulfide) groups is 1. The van der Waals surface area contributed by atoms with Gasteiger partial charge in [0.1, 0.15) is 5.82 Å². The minimum absolute atomic E-state index is 0.191. The summed E-state index contributed by atoms with van der Waals surface area (Å²) in [5.41, 5.74) is 1.24. The number of hydrogen-bond acceptors (Lipinski definition) is 5. The van der Waals surface area contributed by atoms with E-state index in [1.807, 2.05) is 11.6 Å². The lowest BCUT2D eigenvalue weighted by Gasteiger charge is -2.17. The highest BCUT2D eigenvalue weighted by Gasteiger charge is 2.15. The Labute approximate surface area is 188 Å². The Kier molecular flexibility index (Phi) is 7.61. The van der Waals surface area contributed by atoms with Gasteiger partial charge in [-0.3, -0.25) is 14.4 Å². The van der Waals surface area contributed by atoms with Crippen molar-refractivity contribution < 1.29 is 18.8 Å². The smallest absolute Gasteiger partial charge is 0.254 e. The van der Waals surface area contributed by atoms with Crippen LogP contribution in [0.3, 0.4) is 0 Å². The van der Waals surface area contributed by atoms with E-state index in [0.29, 0.717) is 16.9 Å². The molecular formula is C22H22FN5O3S. The van der Waals surface area contributed by atoms with E-state index in [4.69, 9.17) is 0 Å². The topological polar surface area (TPSA) is 96.3 Å². The number of hydrogen-bond donors (Lipinski definition) is 2. The monoisotopic (exact) mass is 455 g/mol. The molecule has 0 aliphatic rings. The van der Waals surface area contributed by atoms with E-state index in [9.17, 15) is 18.8 Å². The third-order valence-corrected chi connectivity index (χ3v) is 5.42. The molecule has 0 spiro atoms. The summed E-state index contributed by atoms with van der Waals surface area (Å²) in [7, 11) is 3.35. The standard InChI is InChI=1S/C22H22FN5O3S/c1-27-11-10-24-22(27)32-14-20(30)25-17-8-6-15(7-9-17)21(31)28(2)13-19(29)26-18-5-3-4-16(23)12-18/h3-12H,13-14H2,1-2H3,(H,25,30)(H,26,29). The Hall–Kier alpha value is -3.66. The lowest BCUT2D eigenvalue weighted by atomic mass is 10.2. The van der Waals surface area contributed by atoms with Crippen LogP contribution in [0.1, 0.15) is 10.4 Å². The van der Waals surface area contributed by atoms with E-state index in [-0.39, 0.29) is 24.1 Å². The summed E-state index contributed by atoms with van der Waals surface area (Å²) in [5, 5.41) is 6.06. The molecule has 0 fully saturated rings. The second kappa shape index (κ2) is 10.6. The van der Waals surface area contributed by atoms with Crippen molar-refractivity contribution in [3.05, 3.63) is 72.3 Å². The second-order valence-electron chi connectivity index (χ2n) is 6.95. The molecule has 0 unspecified atom stereocenters. The fourth-order valence-electron chi connectivity index (χ4n) is 2.79. The van der Waals surface area contributed by atoms with Gasteiger partial charge in [0.15, 0.2) is 5.16 Å². The van der Waals surface area contributed by atoms with E-state index >= 15 is 0 Å². The molecule has 0 atom stereocenters. The van der Waals surface area contributed by atoms with Crippen LogP contribution in [0, 0.1) is 5.82 Å². The van der Waals surface area contributed by atoms with E-state index in [1.54, 1.807) is 42.7 Å². The number of anilines is 2. The first kappa shape index (κ1) is 23.0. The number of rotatable bonds is 8. The first-order chi connectivity index (χ1) is 15.3. The van der Waals surface area contributed by atoms with Gasteiger partial charge in [0, 0.05) is 43.4 Å². The molecule has 2 N–H and O–H groups in total. The summed E-state index contributed by atoms with van der Waals surface area (Å²) >= 11 is 1.32. The molecule has 3 amide bonds. The number of amides is 3. The third-order valence-electron chi connectivity index (χ3n) is 4.36.